The molecule has 0 aromatic heterocycles. The van der Waals surface area contributed by atoms with Gasteiger partial charge in [0.2, 0.25) is 5.78 Å². The zero-order chi connectivity index (χ0) is 32.0. The summed E-state index contributed by atoms with van der Waals surface area (Å²) in [6.07, 6.45) is -1.55. The molecular formula is C31H31FN2O10. The van der Waals surface area contributed by atoms with Gasteiger partial charge in [-0.25, -0.2) is 14.0 Å². The fourth-order valence-electron chi connectivity index (χ4n) is 5.12. The van der Waals surface area contributed by atoms with Crippen molar-refractivity contribution in [2.75, 3.05) is 34.4 Å². The summed E-state index contributed by atoms with van der Waals surface area (Å²) in [4.78, 5) is 55.0. The number of hydrogen-bond donors (Lipinski definition) is 3. The summed E-state index contributed by atoms with van der Waals surface area (Å²) in [6.45, 7) is -0.572. The summed E-state index contributed by atoms with van der Waals surface area (Å²) < 4.78 is 36.4. The van der Waals surface area contributed by atoms with E-state index in [4.69, 9.17) is 18.9 Å². The van der Waals surface area contributed by atoms with Crippen molar-refractivity contribution in [2.24, 2.45) is 0 Å². The Balaban J connectivity index is 1.94. The van der Waals surface area contributed by atoms with Gasteiger partial charge in [0.15, 0.2) is 17.1 Å². The Morgan fingerprint density at radius 3 is 2.32 bits per heavy atom. The molecule has 13 heteroatoms. The zero-order valence-electron chi connectivity index (χ0n) is 24.2. The molecule has 0 spiro atoms. The maximum absolute atomic E-state index is 14.8. The molecule has 1 saturated heterocycles. The number of phenols is 1. The number of aromatic hydroxyl groups is 1. The number of hydrogen-bond acceptors (Lipinski definition) is 9. The minimum absolute atomic E-state index is 0.0272. The van der Waals surface area contributed by atoms with Crippen molar-refractivity contribution < 1.29 is 52.7 Å². The van der Waals surface area contributed by atoms with Crippen molar-refractivity contribution in [3.05, 3.63) is 83.2 Å². The number of halogens is 1. The van der Waals surface area contributed by atoms with Gasteiger partial charge in [-0.3, -0.25) is 9.59 Å². The van der Waals surface area contributed by atoms with Gasteiger partial charge in [0.05, 0.1) is 44.1 Å². The first-order chi connectivity index (χ1) is 21.0. The molecule has 1 aliphatic heterocycles. The molecule has 12 nitrogen and oxygen atoms in total. The van der Waals surface area contributed by atoms with E-state index in [9.17, 15) is 33.8 Å². The number of methoxy groups -OCH3 is 3. The molecule has 3 aromatic carbocycles. The second kappa shape index (κ2) is 13.3. The molecule has 1 aliphatic rings. The van der Waals surface area contributed by atoms with Crippen molar-refractivity contribution in [2.45, 2.75) is 24.5 Å². The van der Waals surface area contributed by atoms with Crippen LogP contribution in [-0.2, 0) is 4.74 Å². The van der Waals surface area contributed by atoms with Crippen LogP contribution in [0, 0.1) is 5.82 Å². The lowest BCUT2D eigenvalue weighted by Crippen LogP contribution is -2.62. The number of rotatable bonds is 9. The number of esters is 1. The van der Waals surface area contributed by atoms with E-state index in [0.717, 1.165) is 23.1 Å². The molecule has 1 fully saturated rings. The summed E-state index contributed by atoms with van der Waals surface area (Å²) in [5.41, 5.74) is -2.77. The van der Waals surface area contributed by atoms with Crippen LogP contribution < -0.4 is 19.5 Å². The molecule has 3 aromatic rings. The van der Waals surface area contributed by atoms with Crippen LogP contribution in [0.25, 0.3) is 0 Å². The normalized spacial score (nSPS) is 18.0. The van der Waals surface area contributed by atoms with Gasteiger partial charge in [0, 0.05) is 19.2 Å². The fourth-order valence-corrected chi connectivity index (χ4v) is 5.12. The number of benzene rings is 3. The number of nitrogens with one attached hydrogen (secondary N) is 1. The number of carboxylic acid groups (broad SMARTS) is 1. The molecule has 1 heterocycles. The summed E-state index contributed by atoms with van der Waals surface area (Å²) >= 11 is 0. The monoisotopic (exact) mass is 610 g/mol. The summed E-state index contributed by atoms with van der Waals surface area (Å²) in [6, 6.07) is 11.8. The van der Waals surface area contributed by atoms with Crippen LogP contribution in [0.3, 0.4) is 0 Å². The van der Waals surface area contributed by atoms with Gasteiger partial charge in [-0.15, -0.1) is 0 Å². The number of nitrogens with zero attached hydrogens (tertiary/aromatic N) is 1. The molecule has 0 radical (unpaired) electrons. The number of carbonyl (C=O) groups excluding carboxylic acids is 3. The summed E-state index contributed by atoms with van der Waals surface area (Å²) in [5, 5.41) is 22.7. The number of ether oxygens (including phenoxy) is 4. The van der Waals surface area contributed by atoms with E-state index in [0.29, 0.717) is 0 Å². The van der Waals surface area contributed by atoms with Crippen molar-refractivity contribution in [1.82, 2.24) is 10.2 Å². The Labute approximate surface area is 251 Å². The largest absolute Gasteiger partial charge is 0.507 e. The van der Waals surface area contributed by atoms with Crippen molar-refractivity contribution in [1.29, 1.82) is 0 Å². The third kappa shape index (κ3) is 6.36. The van der Waals surface area contributed by atoms with Crippen molar-refractivity contribution in [3.63, 3.8) is 0 Å². The van der Waals surface area contributed by atoms with E-state index in [1.807, 2.05) is 0 Å². The van der Waals surface area contributed by atoms with E-state index in [1.165, 1.54) is 45.6 Å². The third-order valence-corrected chi connectivity index (χ3v) is 7.32. The minimum atomic E-state index is -2.24. The Kier molecular flexibility index (Phi) is 9.57. The topological polar surface area (TPSA) is 161 Å². The molecule has 2 atom stereocenters. The predicted octanol–water partition coefficient (Wildman–Crippen LogP) is 3.91. The molecule has 232 valence electrons. The number of amides is 2. The van der Waals surface area contributed by atoms with Crippen LogP contribution in [0.15, 0.2) is 60.7 Å². The van der Waals surface area contributed by atoms with E-state index in [2.05, 4.69) is 5.32 Å². The van der Waals surface area contributed by atoms with Gasteiger partial charge in [0.1, 0.15) is 17.3 Å². The first-order valence-corrected chi connectivity index (χ1v) is 13.4. The average molecular weight is 611 g/mol. The number of ketones is 1. The quantitative estimate of drug-likeness (QED) is 0.239. The van der Waals surface area contributed by atoms with Crippen LogP contribution in [0.1, 0.15) is 43.9 Å². The van der Waals surface area contributed by atoms with Gasteiger partial charge in [-0.05, 0) is 49.2 Å². The van der Waals surface area contributed by atoms with Crippen LogP contribution in [0.2, 0.25) is 0 Å². The smallest absolute Gasteiger partial charge is 0.407 e. The van der Waals surface area contributed by atoms with Gasteiger partial charge in [0.25, 0.3) is 5.91 Å². The number of Topliss-reactive ketones (excluding diaryl/α,β-unsaturated/α-hetero) is 1. The molecule has 0 bridgehead atoms. The number of likely N-dealkylation sites (tertiary alicyclic amines) is 1. The predicted molar refractivity (Wildman–Crippen MR) is 153 cm³/mol. The Hall–Kier alpha value is -5.33. The first-order valence-electron chi connectivity index (χ1n) is 13.4. The average Bonchev–Trinajstić information content (AvgIpc) is 3.21. The molecule has 0 unspecified atom stereocenters. The summed E-state index contributed by atoms with van der Waals surface area (Å²) in [7, 11) is 4.02. The molecule has 0 aliphatic carbocycles. The second-order valence-electron chi connectivity index (χ2n) is 9.90. The summed E-state index contributed by atoms with van der Waals surface area (Å²) in [5.74, 6) is -3.92. The Morgan fingerprint density at radius 1 is 0.955 bits per heavy atom. The molecule has 4 rings (SSSR count). The van der Waals surface area contributed by atoms with Gasteiger partial charge in [-0.2, -0.15) is 0 Å². The van der Waals surface area contributed by atoms with E-state index in [-0.39, 0.29) is 47.8 Å². The fraction of sp³-hybridized carbons (Fsp3) is 0.290. The zero-order valence-corrected chi connectivity index (χ0v) is 24.2. The number of phenolic OH excluding ortho intramolecular Hbond substituents is 1. The standard InChI is InChI=1S/C31H31FN2O10/c1-41-20-15-22(26(43-3)24(16-20)42-2)27(36)31(44-29(38)18-8-5-4-6-9-18)12-7-13-34(30(39)40)17-25(31)33-28(37)21-14-19(32)10-11-23(21)35/h4-6,8-11,14-16,25,35H,7,12-13,17H2,1-3H3,(H,33,37)(H,39,40)/t25-,31-/m1/s1. The number of carbonyl (C=O) groups is 4. The Morgan fingerprint density at radius 2 is 1.68 bits per heavy atom. The lowest BCUT2D eigenvalue weighted by Gasteiger charge is -2.39. The lowest BCUT2D eigenvalue weighted by atomic mass is 9.81. The highest BCUT2D eigenvalue weighted by Crippen LogP contribution is 2.41. The van der Waals surface area contributed by atoms with Gasteiger partial charge >= 0.3 is 12.1 Å². The lowest BCUT2D eigenvalue weighted by molar-refractivity contribution is -0.0272. The molecule has 44 heavy (non-hydrogen) atoms. The molecule has 3 N–H and O–H groups in total. The molecular weight excluding hydrogens is 579 g/mol. The molecule has 0 saturated carbocycles. The second-order valence-corrected chi connectivity index (χ2v) is 9.90. The maximum Gasteiger partial charge on any atom is 0.407 e. The Bertz CT molecular complexity index is 1560. The van der Waals surface area contributed by atoms with E-state index in [1.54, 1.807) is 18.2 Å². The minimum Gasteiger partial charge on any atom is -0.507 e. The first kappa shape index (κ1) is 31.6. The van der Waals surface area contributed by atoms with E-state index >= 15 is 0 Å². The highest BCUT2D eigenvalue weighted by Gasteiger charge is 2.53. The van der Waals surface area contributed by atoms with Gasteiger partial charge in [-0.1, -0.05) is 18.2 Å². The van der Waals surface area contributed by atoms with Crippen LogP contribution in [0.5, 0.6) is 23.0 Å². The van der Waals surface area contributed by atoms with Crippen LogP contribution >= 0.6 is 0 Å². The van der Waals surface area contributed by atoms with Crippen LogP contribution in [0.4, 0.5) is 9.18 Å². The maximum atomic E-state index is 14.8. The molecule has 2 amide bonds. The van der Waals surface area contributed by atoms with Crippen molar-refractivity contribution >= 4 is 23.8 Å². The third-order valence-electron chi connectivity index (χ3n) is 7.32. The van der Waals surface area contributed by atoms with E-state index < -0.39 is 59.1 Å². The SMILES string of the molecule is COc1cc(OC)c(OC)c(C(=O)[C@@]2(OC(=O)c3ccccc3)CCCN(C(=O)O)C[C@H]2NC(=O)c2cc(F)ccc2O)c1. The van der Waals surface area contributed by atoms with Crippen LogP contribution in [-0.4, -0.2) is 84.9 Å². The highest BCUT2D eigenvalue weighted by molar-refractivity contribution is 6.08. The van der Waals surface area contributed by atoms with Gasteiger partial charge < -0.3 is 39.4 Å². The van der Waals surface area contributed by atoms with Crippen molar-refractivity contribution in [3.8, 4) is 23.0 Å². The highest BCUT2D eigenvalue weighted by atomic mass is 19.1.